The van der Waals surface area contributed by atoms with Gasteiger partial charge in [0.25, 0.3) is 0 Å². The van der Waals surface area contributed by atoms with Crippen LogP contribution < -0.4 is 4.72 Å². The van der Waals surface area contributed by atoms with Crippen molar-refractivity contribution in [2.75, 3.05) is 11.0 Å². The summed E-state index contributed by atoms with van der Waals surface area (Å²) in [5.74, 6) is 0.177. The fourth-order valence-electron chi connectivity index (χ4n) is 2.87. The summed E-state index contributed by atoms with van der Waals surface area (Å²) in [4.78, 5) is 8.78. The summed E-state index contributed by atoms with van der Waals surface area (Å²) in [5, 5.41) is 9.74. The van der Waals surface area contributed by atoms with E-state index in [0.29, 0.717) is 17.0 Å². The van der Waals surface area contributed by atoms with Gasteiger partial charge in [0.1, 0.15) is 5.75 Å². The van der Waals surface area contributed by atoms with Crippen molar-refractivity contribution < 1.29 is 13.5 Å². The molecule has 4 aromatic rings. The van der Waals surface area contributed by atoms with Gasteiger partial charge in [-0.25, -0.2) is 13.4 Å². The number of benzene rings is 2. The van der Waals surface area contributed by atoms with E-state index in [0.717, 1.165) is 23.1 Å². The Morgan fingerprint density at radius 2 is 1.78 bits per heavy atom. The first-order chi connectivity index (χ1) is 12.9. The quantitative estimate of drug-likeness (QED) is 0.567. The summed E-state index contributed by atoms with van der Waals surface area (Å²) >= 11 is 0. The fourth-order valence-corrected chi connectivity index (χ4v) is 3.43. The Hall–Kier alpha value is -3.39. The predicted octanol–water partition coefficient (Wildman–Crippen LogP) is 3.14. The molecule has 4 rings (SSSR count). The molecular weight excluding hydrogens is 364 g/mol. The highest BCUT2D eigenvalue weighted by molar-refractivity contribution is 7.92. The molecule has 2 N–H and O–H groups in total. The van der Waals surface area contributed by atoms with Gasteiger partial charge in [-0.1, -0.05) is 24.3 Å². The van der Waals surface area contributed by atoms with E-state index in [4.69, 9.17) is 0 Å². The zero-order valence-corrected chi connectivity index (χ0v) is 15.2. The summed E-state index contributed by atoms with van der Waals surface area (Å²) in [6.07, 6.45) is 6.31. The molecule has 0 aliphatic heterocycles. The second-order valence-corrected chi connectivity index (χ2v) is 7.90. The van der Waals surface area contributed by atoms with E-state index < -0.39 is 10.0 Å². The molecule has 0 bridgehead atoms. The summed E-state index contributed by atoms with van der Waals surface area (Å²) < 4.78 is 27.3. The number of nitrogens with zero attached hydrogens (tertiary/aromatic N) is 3. The maximum Gasteiger partial charge on any atom is 0.229 e. The number of sulfonamides is 1. The Balaban J connectivity index is 1.80. The number of rotatable bonds is 4. The SMILES string of the molecule is CS(=O)(=O)Nc1cccc(-c2cn3c(-c4cccc(O)c4)cnc3cn2)c1. The van der Waals surface area contributed by atoms with Gasteiger partial charge in [0.15, 0.2) is 5.65 Å². The maximum atomic E-state index is 11.5. The Bertz CT molecular complexity index is 1250. The third-order valence-corrected chi connectivity index (χ3v) is 4.61. The Labute approximate surface area is 156 Å². The summed E-state index contributed by atoms with van der Waals surface area (Å²) in [6.45, 7) is 0. The van der Waals surface area contributed by atoms with Crippen molar-refractivity contribution in [3.8, 4) is 28.3 Å². The van der Waals surface area contributed by atoms with Gasteiger partial charge in [0.2, 0.25) is 10.0 Å². The highest BCUT2D eigenvalue weighted by atomic mass is 32.2. The lowest BCUT2D eigenvalue weighted by molar-refractivity contribution is 0.475. The summed E-state index contributed by atoms with van der Waals surface area (Å²) in [5.41, 5.74) is 4.21. The van der Waals surface area contributed by atoms with E-state index in [1.165, 1.54) is 0 Å². The van der Waals surface area contributed by atoms with E-state index in [1.54, 1.807) is 48.8 Å². The van der Waals surface area contributed by atoms with Gasteiger partial charge in [-0.2, -0.15) is 0 Å². The van der Waals surface area contributed by atoms with Gasteiger partial charge >= 0.3 is 0 Å². The first kappa shape index (κ1) is 17.0. The molecule has 0 spiro atoms. The standard InChI is InChI=1S/C19H16N4O3S/c1-27(25,26)22-15-6-2-4-13(8-15)17-12-23-18(10-21-19(23)11-20-17)14-5-3-7-16(24)9-14/h2-12,22,24H,1H3. The van der Waals surface area contributed by atoms with Gasteiger partial charge in [-0.15, -0.1) is 0 Å². The lowest BCUT2D eigenvalue weighted by Gasteiger charge is -2.08. The summed E-state index contributed by atoms with van der Waals surface area (Å²) in [6, 6.07) is 14.0. The van der Waals surface area contributed by atoms with Crippen molar-refractivity contribution in [1.29, 1.82) is 0 Å². The number of aromatic hydroxyl groups is 1. The second kappa shape index (κ2) is 6.40. The van der Waals surface area contributed by atoms with E-state index in [9.17, 15) is 13.5 Å². The number of hydrogen-bond acceptors (Lipinski definition) is 5. The number of fused-ring (bicyclic) bond motifs is 1. The van der Waals surface area contributed by atoms with Crippen LogP contribution in [0.5, 0.6) is 5.75 Å². The molecule has 0 aliphatic carbocycles. The predicted molar refractivity (Wildman–Crippen MR) is 104 cm³/mol. The Kier molecular flexibility index (Phi) is 4.04. The van der Waals surface area contributed by atoms with Gasteiger partial charge in [0, 0.05) is 23.0 Å². The number of hydrogen-bond donors (Lipinski definition) is 2. The van der Waals surface area contributed by atoms with Gasteiger partial charge in [0.05, 0.1) is 30.0 Å². The number of aromatic nitrogens is 3. The number of anilines is 1. The molecule has 0 atom stereocenters. The third-order valence-electron chi connectivity index (χ3n) is 4.00. The molecule has 0 aliphatic rings. The Morgan fingerprint density at radius 3 is 2.56 bits per heavy atom. The minimum Gasteiger partial charge on any atom is -0.508 e. The van der Waals surface area contributed by atoms with Crippen molar-refractivity contribution >= 4 is 21.4 Å². The molecule has 0 fully saturated rings. The van der Waals surface area contributed by atoms with Crippen LogP contribution in [0.15, 0.2) is 67.1 Å². The van der Waals surface area contributed by atoms with Crippen LogP contribution in [0.1, 0.15) is 0 Å². The normalized spacial score (nSPS) is 11.6. The fraction of sp³-hybridized carbons (Fsp3) is 0.0526. The molecule has 0 saturated heterocycles. The van der Waals surface area contributed by atoms with Crippen molar-refractivity contribution in [3.05, 3.63) is 67.1 Å². The second-order valence-electron chi connectivity index (χ2n) is 6.15. The molecule has 2 heterocycles. The molecule has 2 aromatic carbocycles. The van der Waals surface area contributed by atoms with Crippen LogP contribution in [0.2, 0.25) is 0 Å². The third kappa shape index (κ3) is 3.61. The minimum atomic E-state index is -3.36. The van der Waals surface area contributed by atoms with Crippen LogP contribution >= 0.6 is 0 Å². The van der Waals surface area contributed by atoms with E-state index in [1.807, 2.05) is 22.7 Å². The zero-order valence-electron chi connectivity index (χ0n) is 14.4. The van der Waals surface area contributed by atoms with Crippen molar-refractivity contribution in [3.63, 3.8) is 0 Å². The highest BCUT2D eigenvalue weighted by Crippen LogP contribution is 2.27. The monoisotopic (exact) mass is 380 g/mol. The number of phenols is 1. The maximum absolute atomic E-state index is 11.5. The molecule has 7 nitrogen and oxygen atoms in total. The molecule has 0 radical (unpaired) electrons. The van der Waals surface area contributed by atoms with Crippen molar-refractivity contribution in [1.82, 2.24) is 14.4 Å². The van der Waals surface area contributed by atoms with E-state index in [2.05, 4.69) is 14.7 Å². The van der Waals surface area contributed by atoms with Crippen LogP contribution in [0, 0.1) is 0 Å². The molecule has 0 unspecified atom stereocenters. The average Bonchev–Trinajstić information content (AvgIpc) is 3.03. The molecule has 27 heavy (non-hydrogen) atoms. The van der Waals surface area contributed by atoms with Gasteiger partial charge in [-0.05, 0) is 24.3 Å². The van der Waals surface area contributed by atoms with Crippen LogP contribution in [-0.4, -0.2) is 34.1 Å². The van der Waals surface area contributed by atoms with E-state index in [-0.39, 0.29) is 5.75 Å². The van der Waals surface area contributed by atoms with Crippen molar-refractivity contribution in [2.45, 2.75) is 0 Å². The molecular formula is C19H16N4O3S. The number of phenolic OH excluding ortho intramolecular Hbond substituents is 1. The topological polar surface area (TPSA) is 96.6 Å². The van der Waals surface area contributed by atoms with Crippen LogP contribution in [-0.2, 0) is 10.0 Å². The first-order valence-corrected chi connectivity index (χ1v) is 9.99. The highest BCUT2D eigenvalue weighted by Gasteiger charge is 2.10. The minimum absolute atomic E-state index is 0.177. The zero-order chi connectivity index (χ0) is 19.0. The number of imidazole rings is 1. The van der Waals surface area contributed by atoms with Gasteiger partial charge < -0.3 is 5.11 Å². The molecule has 2 aromatic heterocycles. The van der Waals surface area contributed by atoms with Crippen LogP contribution in [0.3, 0.4) is 0 Å². The average molecular weight is 380 g/mol. The van der Waals surface area contributed by atoms with Crippen LogP contribution in [0.4, 0.5) is 5.69 Å². The Morgan fingerprint density at radius 1 is 1.00 bits per heavy atom. The van der Waals surface area contributed by atoms with Crippen molar-refractivity contribution in [2.24, 2.45) is 0 Å². The molecule has 8 heteroatoms. The lowest BCUT2D eigenvalue weighted by Crippen LogP contribution is -2.09. The lowest BCUT2D eigenvalue weighted by atomic mass is 10.1. The van der Waals surface area contributed by atoms with Gasteiger partial charge in [-0.3, -0.25) is 14.1 Å². The molecule has 0 amide bonds. The van der Waals surface area contributed by atoms with Crippen LogP contribution in [0.25, 0.3) is 28.2 Å². The van der Waals surface area contributed by atoms with E-state index >= 15 is 0 Å². The molecule has 0 saturated carbocycles. The largest absolute Gasteiger partial charge is 0.508 e. The first-order valence-electron chi connectivity index (χ1n) is 8.10. The molecule has 136 valence electrons. The summed E-state index contributed by atoms with van der Waals surface area (Å²) in [7, 11) is -3.36. The smallest absolute Gasteiger partial charge is 0.229 e. The number of nitrogens with one attached hydrogen (secondary N) is 1.